The number of nitrogens with one attached hydrogen (secondary N) is 1. The molecule has 0 aliphatic carbocycles. The smallest absolute Gasteiger partial charge is 0.250 e. The zero-order valence-electron chi connectivity index (χ0n) is 16.8. The third-order valence-electron chi connectivity index (χ3n) is 4.45. The summed E-state index contributed by atoms with van der Waals surface area (Å²) in [4.78, 5) is 4.63. The number of hydrogen-bond acceptors (Lipinski definition) is 6. The summed E-state index contributed by atoms with van der Waals surface area (Å²) in [5, 5.41) is 9.31. The van der Waals surface area contributed by atoms with Crippen LogP contribution in [0, 0.1) is 0 Å². The molecule has 0 aliphatic rings. The number of sulfonamides is 1. The van der Waals surface area contributed by atoms with Crippen LogP contribution in [0.1, 0.15) is 25.3 Å². The molecule has 1 N–H and O–H groups in total. The quantitative estimate of drug-likeness (QED) is 0.509. The van der Waals surface area contributed by atoms with Gasteiger partial charge in [0.1, 0.15) is 0 Å². The van der Waals surface area contributed by atoms with Crippen molar-refractivity contribution in [3.8, 4) is 11.4 Å². The number of fused-ring (bicyclic) bond motifs is 1. The van der Waals surface area contributed by atoms with Crippen LogP contribution >= 0.6 is 0 Å². The summed E-state index contributed by atoms with van der Waals surface area (Å²) in [5.41, 5.74) is 2.63. The van der Waals surface area contributed by atoms with Crippen molar-refractivity contribution in [3.05, 3.63) is 60.1 Å². The number of aryl methyl sites for hydroxylation is 1. The average molecular weight is 423 g/mol. The fourth-order valence-corrected chi connectivity index (χ4v) is 4.26. The van der Waals surface area contributed by atoms with Crippen LogP contribution in [0.5, 0.6) is 0 Å². The number of rotatable bonds is 6. The lowest BCUT2D eigenvalue weighted by Gasteiger charge is -2.09. The van der Waals surface area contributed by atoms with E-state index in [1.54, 1.807) is 61.1 Å². The van der Waals surface area contributed by atoms with E-state index < -0.39 is 10.0 Å². The van der Waals surface area contributed by atoms with Crippen LogP contribution in [0.25, 0.3) is 34.4 Å². The second kappa shape index (κ2) is 7.85. The molecule has 154 valence electrons. The number of hydrogen-bond donors (Lipinski definition) is 1. The maximum atomic E-state index is 12.2. The molecule has 2 aromatic carbocycles. The summed E-state index contributed by atoms with van der Waals surface area (Å²) in [6.45, 7) is 3.56. The topological polar surface area (TPSA) is 103 Å². The van der Waals surface area contributed by atoms with E-state index in [9.17, 15) is 8.42 Å². The molecule has 0 aliphatic heterocycles. The first-order chi connectivity index (χ1) is 14.3. The molecule has 2 aromatic heterocycles. The minimum atomic E-state index is -3.51. The van der Waals surface area contributed by atoms with Gasteiger partial charge in [-0.3, -0.25) is 4.68 Å². The Morgan fingerprint density at radius 3 is 2.60 bits per heavy atom. The van der Waals surface area contributed by atoms with E-state index >= 15 is 0 Å². The first-order valence-corrected chi connectivity index (χ1v) is 10.9. The summed E-state index contributed by atoms with van der Waals surface area (Å²) in [5.74, 6) is 0.840. The van der Waals surface area contributed by atoms with E-state index in [1.807, 2.05) is 25.2 Å². The maximum Gasteiger partial charge on any atom is 0.250 e. The molecule has 8 nitrogen and oxygen atoms in total. The molecule has 0 saturated carbocycles. The van der Waals surface area contributed by atoms with E-state index in [-0.39, 0.29) is 10.9 Å². The fraction of sp³-hybridized carbons (Fsp3) is 0.190. The zero-order valence-corrected chi connectivity index (χ0v) is 17.6. The van der Waals surface area contributed by atoms with Crippen molar-refractivity contribution in [2.45, 2.75) is 24.8 Å². The van der Waals surface area contributed by atoms with E-state index in [0.29, 0.717) is 11.7 Å². The van der Waals surface area contributed by atoms with Gasteiger partial charge in [-0.1, -0.05) is 29.4 Å². The van der Waals surface area contributed by atoms with Gasteiger partial charge in [-0.2, -0.15) is 10.1 Å². The SMILES string of the molecule is CC(C)NS(=O)(=O)c1ccc(/C=C/c2nc(-c3ccc4cnn(C)c4c3)no2)cc1. The second-order valence-corrected chi connectivity index (χ2v) is 8.89. The summed E-state index contributed by atoms with van der Waals surface area (Å²) >= 11 is 0. The van der Waals surface area contributed by atoms with Gasteiger partial charge in [0.25, 0.3) is 5.89 Å². The van der Waals surface area contributed by atoms with Gasteiger partial charge < -0.3 is 4.52 Å². The third-order valence-corrected chi connectivity index (χ3v) is 6.12. The van der Waals surface area contributed by atoms with Crippen molar-refractivity contribution >= 4 is 33.1 Å². The first-order valence-electron chi connectivity index (χ1n) is 9.38. The number of benzene rings is 2. The van der Waals surface area contributed by atoms with Gasteiger partial charge in [0.2, 0.25) is 15.8 Å². The Morgan fingerprint density at radius 1 is 1.10 bits per heavy atom. The van der Waals surface area contributed by atoms with E-state index in [4.69, 9.17) is 4.52 Å². The largest absolute Gasteiger partial charge is 0.334 e. The van der Waals surface area contributed by atoms with Gasteiger partial charge in [-0.05, 0) is 43.7 Å². The lowest BCUT2D eigenvalue weighted by atomic mass is 10.1. The Balaban J connectivity index is 1.51. The average Bonchev–Trinajstić information content (AvgIpc) is 3.33. The minimum absolute atomic E-state index is 0.167. The van der Waals surface area contributed by atoms with Gasteiger partial charge in [-0.25, -0.2) is 13.1 Å². The van der Waals surface area contributed by atoms with Crippen LogP contribution < -0.4 is 4.72 Å². The summed E-state index contributed by atoms with van der Waals surface area (Å²) in [6, 6.07) is 12.3. The fourth-order valence-electron chi connectivity index (χ4n) is 3.01. The molecular weight excluding hydrogens is 402 g/mol. The summed E-state index contributed by atoms with van der Waals surface area (Å²) < 4.78 is 34.0. The summed E-state index contributed by atoms with van der Waals surface area (Å²) in [7, 11) is -1.63. The van der Waals surface area contributed by atoms with Crippen LogP contribution in [-0.2, 0) is 17.1 Å². The highest BCUT2D eigenvalue weighted by atomic mass is 32.2. The van der Waals surface area contributed by atoms with Crippen LogP contribution in [0.15, 0.2) is 58.1 Å². The molecule has 30 heavy (non-hydrogen) atoms. The van der Waals surface area contributed by atoms with E-state index in [1.165, 1.54) is 0 Å². The van der Waals surface area contributed by atoms with Crippen LogP contribution in [-0.4, -0.2) is 34.4 Å². The molecule has 4 aromatic rings. The highest BCUT2D eigenvalue weighted by molar-refractivity contribution is 7.89. The predicted molar refractivity (Wildman–Crippen MR) is 115 cm³/mol. The van der Waals surface area contributed by atoms with Crippen molar-refractivity contribution in [1.82, 2.24) is 24.6 Å². The molecular formula is C21H21N5O3S. The molecule has 0 unspecified atom stereocenters. The zero-order chi connectivity index (χ0) is 21.3. The van der Waals surface area contributed by atoms with E-state index in [0.717, 1.165) is 22.0 Å². The van der Waals surface area contributed by atoms with Crippen molar-refractivity contribution in [3.63, 3.8) is 0 Å². The molecule has 0 spiro atoms. The Labute approximate surface area is 174 Å². The molecule has 0 fully saturated rings. The van der Waals surface area contributed by atoms with Crippen LogP contribution in [0.2, 0.25) is 0 Å². The van der Waals surface area contributed by atoms with Gasteiger partial charge in [-0.15, -0.1) is 0 Å². The maximum absolute atomic E-state index is 12.2. The standard InChI is InChI=1S/C21H21N5O3S/c1-14(2)25-30(27,28)18-9-4-15(5-10-18)6-11-20-23-21(24-29-20)16-7-8-17-13-22-26(3)19(17)12-16/h4-14,25H,1-3H3/b11-6+. The summed E-state index contributed by atoms with van der Waals surface area (Å²) in [6.07, 6.45) is 5.28. The molecule has 0 amide bonds. The molecule has 2 heterocycles. The van der Waals surface area contributed by atoms with Gasteiger partial charge in [0.05, 0.1) is 16.6 Å². The molecule has 4 rings (SSSR count). The highest BCUT2D eigenvalue weighted by Gasteiger charge is 2.14. The molecule has 0 radical (unpaired) electrons. The van der Waals surface area contributed by atoms with E-state index in [2.05, 4.69) is 20.0 Å². The Hall–Kier alpha value is -3.30. The molecule has 0 bridgehead atoms. The van der Waals surface area contributed by atoms with Gasteiger partial charge >= 0.3 is 0 Å². The minimum Gasteiger partial charge on any atom is -0.334 e. The molecule has 0 saturated heterocycles. The van der Waals surface area contributed by atoms with Gasteiger partial charge in [0, 0.05) is 30.1 Å². The van der Waals surface area contributed by atoms with Crippen molar-refractivity contribution in [2.24, 2.45) is 7.05 Å². The molecule has 0 atom stereocenters. The molecule has 9 heteroatoms. The normalized spacial score (nSPS) is 12.4. The first kappa shape index (κ1) is 20.0. The van der Waals surface area contributed by atoms with Crippen molar-refractivity contribution in [1.29, 1.82) is 0 Å². The van der Waals surface area contributed by atoms with Crippen LogP contribution in [0.4, 0.5) is 0 Å². The Bertz CT molecular complexity index is 1320. The lowest BCUT2D eigenvalue weighted by Crippen LogP contribution is -2.30. The highest BCUT2D eigenvalue weighted by Crippen LogP contribution is 2.22. The lowest BCUT2D eigenvalue weighted by molar-refractivity contribution is 0.411. The predicted octanol–water partition coefficient (Wildman–Crippen LogP) is 3.48. The Morgan fingerprint density at radius 2 is 1.87 bits per heavy atom. The van der Waals surface area contributed by atoms with Crippen molar-refractivity contribution in [2.75, 3.05) is 0 Å². The number of aromatic nitrogens is 4. The van der Waals surface area contributed by atoms with Crippen LogP contribution in [0.3, 0.4) is 0 Å². The Kier molecular flexibility index (Phi) is 5.23. The third kappa shape index (κ3) is 4.17. The van der Waals surface area contributed by atoms with Gasteiger partial charge in [0.15, 0.2) is 0 Å². The number of nitrogens with zero attached hydrogens (tertiary/aromatic N) is 4. The monoisotopic (exact) mass is 423 g/mol. The van der Waals surface area contributed by atoms with Crippen molar-refractivity contribution < 1.29 is 12.9 Å². The second-order valence-electron chi connectivity index (χ2n) is 7.18.